The van der Waals surface area contributed by atoms with Gasteiger partial charge in [-0.25, -0.2) is 0 Å². The average molecular weight is 138 g/mol. The lowest BCUT2D eigenvalue weighted by atomic mass is 10.4. The normalized spacial score (nSPS) is 11.9. The Morgan fingerprint density at radius 3 is 3.10 bits per heavy atom. The lowest BCUT2D eigenvalue weighted by Gasteiger charge is -1.89. The second-order valence-corrected chi connectivity index (χ2v) is 2.04. The van der Waals surface area contributed by atoms with Crippen LogP contribution in [0.15, 0.2) is 27.8 Å². The van der Waals surface area contributed by atoms with Crippen molar-refractivity contribution >= 4 is 5.84 Å². The summed E-state index contributed by atoms with van der Waals surface area (Å²) in [6, 6.07) is 3.70. The first-order chi connectivity index (χ1) is 4.79. The van der Waals surface area contributed by atoms with Gasteiger partial charge in [-0.1, -0.05) is 0 Å². The maximum absolute atomic E-state index is 5.32. The van der Waals surface area contributed by atoms with Gasteiger partial charge in [0.1, 0.15) is 5.76 Å². The molecular formula is C7H10N2O. The van der Waals surface area contributed by atoms with Crippen molar-refractivity contribution in [3.63, 3.8) is 0 Å². The van der Waals surface area contributed by atoms with Gasteiger partial charge in [-0.05, 0) is 19.1 Å². The Balaban J connectivity index is 2.49. The summed E-state index contributed by atoms with van der Waals surface area (Å²) in [4.78, 5) is 3.97. The van der Waals surface area contributed by atoms with Crippen molar-refractivity contribution in [2.24, 2.45) is 10.7 Å². The molecule has 0 atom stereocenters. The topological polar surface area (TPSA) is 51.5 Å². The van der Waals surface area contributed by atoms with Gasteiger partial charge < -0.3 is 10.2 Å². The van der Waals surface area contributed by atoms with Gasteiger partial charge in [0.2, 0.25) is 0 Å². The first-order valence-corrected chi connectivity index (χ1v) is 3.08. The van der Waals surface area contributed by atoms with E-state index >= 15 is 0 Å². The summed E-state index contributed by atoms with van der Waals surface area (Å²) in [7, 11) is 0. The second kappa shape index (κ2) is 3.06. The number of furan rings is 1. The van der Waals surface area contributed by atoms with Gasteiger partial charge in [-0.15, -0.1) is 0 Å². The maximum atomic E-state index is 5.32. The minimum absolute atomic E-state index is 0.537. The Labute approximate surface area is 59.6 Å². The third-order valence-electron chi connectivity index (χ3n) is 1.06. The molecule has 0 aliphatic heterocycles. The van der Waals surface area contributed by atoms with E-state index in [1.807, 2.05) is 12.1 Å². The molecule has 0 amide bonds. The monoisotopic (exact) mass is 138 g/mol. The Kier molecular flexibility index (Phi) is 2.10. The van der Waals surface area contributed by atoms with Crippen molar-refractivity contribution in [3.8, 4) is 0 Å². The quantitative estimate of drug-likeness (QED) is 0.492. The predicted octanol–water partition coefficient (Wildman–Crippen LogP) is 1.16. The Morgan fingerprint density at radius 2 is 2.60 bits per heavy atom. The zero-order valence-electron chi connectivity index (χ0n) is 5.87. The predicted molar refractivity (Wildman–Crippen MR) is 39.7 cm³/mol. The van der Waals surface area contributed by atoms with Crippen molar-refractivity contribution in [3.05, 3.63) is 24.2 Å². The van der Waals surface area contributed by atoms with Gasteiger partial charge in [0.15, 0.2) is 0 Å². The molecule has 2 N–H and O–H groups in total. The molecule has 0 fully saturated rings. The van der Waals surface area contributed by atoms with Gasteiger partial charge in [0.05, 0.1) is 18.6 Å². The molecule has 0 saturated carbocycles. The number of hydrogen-bond acceptors (Lipinski definition) is 2. The lowest BCUT2D eigenvalue weighted by Crippen LogP contribution is -2.05. The molecule has 1 aromatic heterocycles. The summed E-state index contributed by atoms with van der Waals surface area (Å²) < 4.78 is 5.02. The summed E-state index contributed by atoms with van der Waals surface area (Å²) >= 11 is 0. The number of nitrogens with two attached hydrogens (primary N) is 1. The van der Waals surface area contributed by atoms with Gasteiger partial charge in [-0.3, -0.25) is 4.99 Å². The van der Waals surface area contributed by atoms with Crippen LogP contribution in [0.25, 0.3) is 0 Å². The summed E-state index contributed by atoms with van der Waals surface area (Å²) in [5.74, 6) is 1.42. The molecule has 1 rings (SSSR count). The molecule has 0 aliphatic rings. The van der Waals surface area contributed by atoms with Crippen molar-refractivity contribution < 1.29 is 4.42 Å². The highest BCUT2D eigenvalue weighted by Crippen LogP contribution is 2.00. The molecule has 0 spiro atoms. The van der Waals surface area contributed by atoms with Crippen molar-refractivity contribution in [1.29, 1.82) is 0 Å². The first-order valence-electron chi connectivity index (χ1n) is 3.08. The molecule has 1 aromatic rings. The molecule has 0 saturated heterocycles. The fraction of sp³-hybridized carbons (Fsp3) is 0.286. The molecule has 1 heterocycles. The molecule has 10 heavy (non-hydrogen) atoms. The summed E-state index contributed by atoms with van der Waals surface area (Å²) in [6.45, 7) is 2.29. The van der Waals surface area contributed by atoms with Crippen molar-refractivity contribution in [2.45, 2.75) is 13.5 Å². The molecule has 0 aliphatic carbocycles. The highest BCUT2D eigenvalue weighted by molar-refractivity contribution is 5.77. The van der Waals surface area contributed by atoms with E-state index < -0.39 is 0 Å². The highest BCUT2D eigenvalue weighted by Gasteiger charge is 1.90. The SMILES string of the molecule is CC(N)=NCc1ccco1. The van der Waals surface area contributed by atoms with E-state index in [-0.39, 0.29) is 0 Å². The van der Waals surface area contributed by atoms with Crippen molar-refractivity contribution in [2.75, 3.05) is 0 Å². The third kappa shape index (κ3) is 1.93. The molecule has 0 radical (unpaired) electrons. The Bertz CT molecular complexity index is 210. The minimum Gasteiger partial charge on any atom is -0.467 e. The minimum atomic E-state index is 0.537. The lowest BCUT2D eigenvalue weighted by molar-refractivity contribution is 0.512. The fourth-order valence-corrected chi connectivity index (χ4v) is 0.605. The molecule has 3 heteroatoms. The Hall–Kier alpha value is -1.25. The third-order valence-corrected chi connectivity index (χ3v) is 1.06. The smallest absolute Gasteiger partial charge is 0.125 e. The van der Waals surface area contributed by atoms with Crippen LogP contribution < -0.4 is 5.73 Å². The van der Waals surface area contributed by atoms with E-state index in [1.165, 1.54) is 0 Å². The van der Waals surface area contributed by atoms with E-state index in [4.69, 9.17) is 10.2 Å². The van der Waals surface area contributed by atoms with Gasteiger partial charge in [0, 0.05) is 0 Å². The number of rotatable bonds is 2. The standard InChI is InChI=1S/C7H10N2O/c1-6(8)9-5-7-3-2-4-10-7/h2-4H,5H2,1H3,(H2,8,9). The van der Waals surface area contributed by atoms with Gasteiger partial charge in [0.25, 0.3) is 0 Å². The van der Waals surface area contributed by atoms with Crippen LogP contribution in [-0.4, -0.2) is 5.84 Å². The van der Waals surface area contributed by atoms with Crippen LogP contribution in [0.1, 0.15) is 12.7 Å². The van der Waals surface area contributed by atoms with Crippen LogP contribution in [0, 0.1) is 0 Å². The van der Waals surface area contributed by atoms with Crippen LogP contribution in [0.2, 0.25) is 0 Å². The summed E-state index contributed by atoms with van der Waals surface area (Å²) in [6.07, 6.45) is 1.62. The van der Waals surface area contributed by atoms with Gasteiger partial charge in [-0.2, -0.15) is 0 Å². The van der Waals surface area contributed by atoms with Crippen LogP contribution in [0.5, 0.6) is 0 Å². The van der Waals surface area contributed by atoms with E-state index in [9.17, 15) is 0 Å². The van der Waals surface area contributed by atoms with E-state index in [0.717, 1.165) is 5.76 Å². The highest BCUT2D eigenvalue weighted by atomic mass is 16.3. The maximum Gasteiger partial charge on any atom is 0.125 e. The van der Waals surface area contributed by atoms with E-state index in [1.54, 1.807) is 13.2 Å². The van der Waals surface area contributed by atoms with Crippen LogP contribution in [0.3, 0.4) is 0 Å². The Morgan fingerprint density at radius 1 is 1.80 bits per heavy atom. The largest absolute Gasteiger partial charge is 0.467 e. The summed E-state index contributed by atoms with van der Waals surface area (Å²) in [5, 5.41) is 0. The average Bonchev–Trinajstić information content (AvgIpc) is 2.34. The van der Waals surface area contributed by atoms with E-state index in [0.29, 0.717) is 12.4 Å². The van der Waals surface area contributed by atoms with E-state index in [2.05, 4.69) is 4.99 Å². The first kappa shape index (κ1) is 6.86. The number of hydrogen-bond donors (Lipinski definition) is 1. The zero-order valence-corrected chi connectivity index (χ0v) is 5.87. The summed E-state index contributed by atoms with van der Waals surface area (Å²) in [5.41, 5.74) is 5.32. The zero-order chi connectivity index (χ0) is 7.40. The second-order valence-electron chi connectivity index (χ2n) is 2.04. The number of amidine groups is 1. The van der Waals surface area contributed by atoms with Crippen LogP contribution in [0.4, 0.5) is 0 Å². The molecule has 0 bridgehead atoms. The number of nitrogens with zero attached hydrogens (tertiary/aromatic N) is 1. The number of aliphatic imine (C=N–C) groups is 1. The van der Waals surface area contributed by atoms with Crippen LogP contribution in [-0.2, 0) is 6.54 Å². The fourth-order valence-electron chi connectivity index (χ4n) is 0.605. The molecule has 54 valence electrons. The molecule has 0 aromatic carbocycles. The van der Waals surface area contributed by atoms with Crippen LogP contribution >= 0.6 is 0 Å². The van der Waals surface area contributed by atoms with Crippen molar-refractivity contribution in [1.82, 2.24) is 0 Å². The molecule has 0 unspecified atom stereocenters. The molecular weight excluding hydrogens is 128 g/mol. The van der Waals surface area contributed by atoms with Gasteiger partial charge >= 0.3 is 0 Å². The molecule has 3 nitrogen and oxygen atoms in total.